The van der Waals surface area contributed by atoms with E-state index in [4.69, 9.17) is 9.15 Å². The van der Waals surface area contributed by atoms with Crippen molar-refractivity contribution in [2.24, 2.45) is 0 Å². The predicted molar refractivity (Wildman–Crippen MR) is 143 cm³/mol. The monoisotopic (exact) mass is 520 g/mol. The second-order valence-electron chi connectivity index (χ2n) is 7.74. The molecule has 0 aliphatic carbocycles. The summed E-state index contributed by atoms with van der Waals surface area (Å²) in [4.78, 5) is 38.5. The van der Waals surface area contributed by atoms with Gasteiger partial charge in [0.25, 0.3) is 5.91 Å². The van der Waals surface area contributed by atoms with Crippen LogP contribution >= 0.6 is 23.1 Å². The Labute approximate surface area is 216 Å². The minimum absolute atomic E-state index is 0.121. The van der Waals surface area contributed by atoms with Gasteiger partial charge in [-0.15, -0.1) is 23.1 Å². The second kappa shape index (κ2) is 11.7. The lowest BCUT2D eigenvalue weighted by molar-refractivity contribution is -0.113. The van der Waals surface area contributed by atoms with E-state index in [0.717, 1.165) is 21.6 Å². The molecule has 0 aliphatic rings. The van der Waals surface area contributed by atoms with E-state index in [1.807, 2.05) is 42.6 Å². The molecule has 7 nitrogen and oxygen atoms in total. The van der Waals surface area contributed by atoms with Crippen molar-refractivity contribution in [2.45, 2.75) is 18.7 Å². The number of aryl methyl sites for hydroxylation is 1. The molecule has 2 aromatic carbocycles. The fraction of sp³-hybridized carbons (Fsp3) is 0.148. The number of hydrogen-bond acceptors (Lipinski definition) is 7. The molecule has 0 fully saturated rings. The van der Waals surface area contributed by atoms with Gasteiger partial charge in [-0.2, -0.15) is 0 Å². The topological polar surface area (TPSA) is 97.6 Å². The fourth-order valence-corrected chi connectivity index (χ4v) is 5.11. The van der Waals surface area contributed by atoms with Gasteiger partial charge in [0.15, 0.2) is 5.76 Å². The second-order valence-corrected chi connectivity index (χ2v) is 9.66. The highest BCUT2D eigenvalue weighted by molar-refractivity contribution is 8.00. The summed E-state index contributed by atoms with van der Waals surface area (Å²) in [5, 5.41) is 7.94. The molecule has 2 amide bonds. The van der Waals surface area contributed by atoms with Crippen LogP contribution in [0.25, 0.3) is 11.1 Å². The van der Waals surface area contributed by atoms with Gasteiger partial charge in [0, 0.05) is 21.5 Å². The maximum absolute atomic E-state index is 12.8. The number of thiophene rings is 1. The Morgan fingerprint density at radius 1 is 1.03 bits per heavy atom. The van der Waals surface area contributed by atoms with Crippen LogP contribution < -0.4 is 10.6 Å². The van der Waals surface area contributed by atoms with Crippen molar-refractivity contribution >= 4 is 51.6 Å². The van der Waals surface area contributed by atoms with E-state index in [1.54, 1.807) is 37.3 Å². The Balaban J connectivity index is 1.43. The Hall–Kier alpha value is -3.82. The molecular weight excluding hydrogens is 496 g/mol. The molecule has 0 unspecified atom stereocenters. The average Bonchev–Trinajstić information content (AvgIpc) is 3.54. The first-order valence-electron chi connectivity index (χ1n) is 11.2. The highest BCUT2D eigenvalue weighted by atomic mass is 32.2. The van der Waals surface area contributed by atoms with E-state index >= 15 is 0 Å². The number of nitrogens with one attached hydrogen (secondary N) is 2. The number of rotatable bonds is 9. The van der Waals surface area contributed by atoms with Gasteiger partial charge < -0.3 is 19.8 Å². The highest BCUT2D eigenvalue weighted by Crippen LogP contribution is 2.36. The molecule has 2 N–H and O–H groups in total. The third kappa shape index (κ3) is 6.24. The van der Waals surface area contributed by atoms with Crippen LogP contribution in [0.5, 0.6) is 0 Å². The van der Waals surface area contributed by atoms with Crippen LogP contribution in [0, 0.1) is 6.92 Å². The lowest BCUT2D eigenvalue weighted by atomic mass is 10.0. The van der Waals surface area contributed by atoms with E-state index < -0.39 is 5.97 Å². The molecule has 0 aliphatic heterocycles. The lowest BCUT2D eigenvalue weighted by Gasteiger charge is -2.09. The molecule has 9 heteroatoms. The van der Waals surface area contributed by atoms with Gasteiger partial charge in [0.1, 0.15) is 10.6 Å². The van der Waals surface area contributed by atoms with E-state index in [2.05, 4.69) is 10.6 Å². The summed E-state index contributed by atoms with van der Waals surface area (Å²) in [7, 11) is 0. The van der Waals surface area contributed by atoms with Gasteiger partial charge in [-0.05, 0) is 49.7 Å². The van der Waals surface area contributed by atoms with Crippen LogP contribution in [-0.4, -0.2) is 30.1 Å². The molecule has 0 atom stereocenters. The quantitative estimate of drug-likeness (QED) is 0.194. The summed E-state index contributed by atoms with van der Waals surface area (Å²) in [6.45, 7) is 3.98. The summed E-state index contributed by atoms with van der Waals surface area (Å²) in [6, 6.07) is 18.2. The van der Waals surface area contributed by atoms with E-state index in [9.17, 15) is 14.4 Å². The average molecular weight is 521 g/mol. The van der Waals surface area contributed by atoms with Crippen LogP contribution in [0.2, 0.25) is 0 Å². The number of ether oxygens (including phenoxy) is 1. The maximum Gasteiger partial charge on any atom is 0.341 e. The third-order valence-electron chi connectivity index (χ3n) is 5.09. The van der Waals surface area contributed by atoms with Gasteiger partial charge in [0.2, 0.25) is 5.91 Å². The van der Waals surface area contributed by atoms with E-state index in [1.165, 1.54) is 29.4 Å². The summed E-state index contributed by atoms with van der Waals surface area (Å²) in [6.07, 6.45) is 1.44. The van der Waals surface area contributed by atoms with Crippen molar-refractivity contribution in [2.75, 3.05) is 23.0 Å². The number of furan rings is 1. The van der Waals surface area contributed by atoms with Crippen molar-refractivity contribution in [1.82, 2.24) is 0 Å². The van der Waals surface area contributed by atoms with Crippen molar-refractivity contribution in [3.63, 3.8) is 0 Å². The standard InChI is InChI=1S/C27H24N2O5S2/c1-3-33-27(32)24-21(18-11-9-17(2)10-12-18)15-36-26(24)29-23(30)16-35-20-7-4-6-19(14-20)28-25(31)22-8-5-13-34-22/h4-15H,3,16H2,1-2H3,(H,28,31)(H,29,30). The van der Waals surface area contributed by atoms with Crippen LogP contribution in [0.4, 0.5) is 10.7 Å². The Morgan fingerprint density at radius 2 is 1.83 bits per heavy atom. The summed E-state index contributed by atoms with van der Waals surface area (Å²) < 4.78 is 10.4. The Kier molecular flexibility index (Phi) is 8.24. The minimum Gasteiger partial charge on any atom is -0.462 e. The largest absolute Gasteiger partial charge is 0.462 e. The van der Waals surface area contributed by atoms with Crippen LogP contribution in [-0.2, 0) is 9.53 Å². The molecule has 184 valence electrons. The molecular formula is C27H24N2O5S2. The summed E-state index contributed by atoms with van der Waals surface area (Å²) in [5.41, 5.74) is 3.66. The van der Waals surface area contributed by atoms with E-state index in [0.29, 0.717) is 16.3 Å². The number of benzene rings is 2. The smallest absolute Gasteiger partial charge is 0.341 e. The first kappa shape index (κ1) is 25.3. The first-order chi connectivity index (χ1) is 17.4. The zero-order valence-corrected chi connectivity index (χ0v) is 21.3. The number of carbonyl (C=O) groups is 3. The molecule has 2 heterocycles. The Bertz CT molecular complexity index is 1360. The molecule has 4 rings (SSSR count). The number of hydrogen-bond donors (Lipinski definition) is 2. The lowest BCUT2D eigenvalue weighted by Crippen LogP contribution is -2.16. The number of thioether (sulfide) groups is 1. The first-order valence-corrected chi connectivity index (χ1v) is 13.0. The van der Waals surface area contributed by atoms with Crippen LogP contribution in [0.3, 0.4) is 0 Å². The maximum atomic E-state index is 12.8. The van der Waals surface area contributed by atoms with Gasteiger partial charge >= 0.3 is 5.97 Å². The van der Waals surface area contributed by atoms with Crippen molar-refractivity contribution in [3.8, 4) is 11.1 Å². The normalized spacial score (nSPS) is 10.6. The van der Waals surface area contributed by atoms with Gasteiger partial charge in [-0.1, -0.05) is 35.9 Å². The highest BCUT2D eigenvalue weighted by Gasteiger charge is 2.23. The predicted octanol–water partition coefficient (Wildman–Crippen LogP) is 6.48. The number of carbonyl (C=O) groups excluding carboxylic acids is 3. The van der Waals surface area contributed by atoms with Crippen molar-refractivity contribution in [3.05, 3.63) is 89.2 Å². The van der Waals surface area contributed by atoms with E-state index in [-0.39, 0.29) is 29.9 Å². The third-order valence-corrected chi connectivity index (χ3v) is 6.98. The van der Waals surface area contributed by atoms with Crippen molar-refractivity contribution in [1.29, 1.82) is 0 Å². The Morgan fingerprint density at radius 3 is 2.56 bits per heavy atom. The van der Waals surface area contributed by atoms with Gasteiger partial charge in [-0.3, -0.25) is 9.59 Å². The molecule has 0 saturated carbocycles. The van der Waals surface area contributed by atoms with Gasteiger partial charge in [0.05, 0.1) is 18.6 Å². The SMILES string of the molecule is CCOC(=O)c1c(-c2ccc(C)cc2)csc1NC(=O)CSc1cccc(NC(=O)c2ccco2)c1. The summed E-state index contributed by atoms with van der Waals surface area (Å²) in [5.74, 6) is -0.750. The molecule has 2 aromatic heterocycles. The number of esters is 1. The van der Waals surface area contributed by atoms with Crippen molar-refractivity contribution < 1.29 is 23.5 Å². The number of anilines is 2. The zero-order valence-electron chi connectivity index (χ0n) is 19.7. The summed E-state index contributed by atoms with van der Waals surface area (Å²) >= 11 is 2.61. The number of amides is 2. The molecule has 0 bridgehead atoms. The minimum atomic E-state index is -0.475. The van der Waals surface area contributed by atoms with Crippen LogP contribution in [0.15, 0.2) is 81.6 Å². The molecule has 0 radical (unpaired) electrons. The van der Waals surface area contributed by atoms with Crippen LogP contribution in [0.1, 0.15) is 33.4 Å². The molecule has 4 aromatic rings. The molecule has 0 saturated heterocycles. The fourth-order valence-electron chi connectivity index (χ4n) is 3.38. The van der Waals surface area contributed by atoms with Gasteiger partial charge in [-0.25, -0.2) is 4.79 Å². The molecule has 36 heavy (non-hydrogen) atoms. The zero-order chi connectivity index (χ0) is 25.5. The molecule has 0 spiro atoms.